The summed E-state index contributed by atoms with van der Waals surface area (Å²) in [5.74, 6) is 0. The van der Waals surface area contributed by atoms with Gasteiger partial charge in [0, 0.05) is 12.1 Å². The molecule has 0 aliphatic heterocycles. The van der Waals surface area contributed by atoms with E-state index < -0.39 is 0 Å². The smallest absolute Gasteiger partial charge is 0.0605 e. The number of hydrogen-bond acceptors (Lipinski definition) is 3. The lowest BCUT2D eigenvalue weighted by molar-refractivity contribution is 0.312. The lowest BCUT2D eigenvalue weighted by Gasteiger charge is -2.26. The Kier molecular flexibility index (Phi) is 11.5. The molecule has 1 saturated carbocycles. The molecule has 1 rings (SSSR count). The highest BCUT2D eigenvalue weighted by atomic mass is 16.4. The van der Waals surface area contributed by atoms with Gasteiger partial charge in [-0.15, -0.1) is 5.16 Å². The van der Waals surface area contributed by atoms with Crippen molar-refractivity contribution in [2.45, 2.75) is 109 Å². The third kappa shape index (κ3) is 9.89. The molecule has 0 amide bonds. The van der Waals surface area contributed by atoms with Gasteiger partial charge in [0.1, 0.15) is 0 Å². The van der Waals surface area contributed by atoms with Gasteiger partial charge in [0.25, 0.3) is 0 Å². The fraction of sp³-hybridized carbons (Fsp3) is 0.944. The third-order valence-electron chi connectivity index (χ3n) is 4.67. The molecule has 0 saturated heterocycles. The largest absolute Gasteiger partial charge is 0.411 e. The molecule has 0 heterocycles. The van der Waals surface area contributed by atoms with Crippen LogP contribution in [0.4, 0.5) is 0 Å². The van der Waals surface area contributed by atoms with E-state index in [4.69, 9.17) is 5.21 Å². The summed E-state index contributed by atoms with van der Waals surface area (Å²) in [6.45, 7) is 2.27. The van der Waals surface area contributed by atoms with Gasteiger partial charge in [0.05, 0.1) is 6.21 Å². The SMILES string of the molecule is CCCCCCCCCCC(/C=N\O)NC1CCCCC1. The monoisotopic (exact) mass is 296 g/mol. The number of hydrogen-bond donors (Lipinski definition) is 2. The molecule has 0 aromatic rings. The second-order valence-corrected chi connectivity index (χ2v) is 6.64. The Labute approximate surface area is 131 Å². The van der Waals surface area contributed by atoms with Crippen molar-refractivity contribution in [3.8, 4) is 0 Å². The highest BCUT2D eigenvalue weighted by Crippen LogP contribution is 2.18. The van der Waals surface area contributed by atoms with Gasteiger partial charge in [-0.3, -0.25) is 0 Å². The zero-order valence-corrected chi connectivity index (χ0v) is 14.0. The zero-order valence-electron chi connectivity index (χ0n) is 14.0. The van der Waals surface area contributed by atoms with Crippen LogP contribution < -0.4 is 5.32 Å². The first-order valence-electron chi connectivity index (χ1n) is 9.30. The topological polar surface area (TPSA) is 44.6 Å². The molecule has 1 aliphatic rings. The molecule has 2 N–H and O–H groups in total. The summed E-state index contributed by atoms with van der Waals surface area (Å²) in [6, 6.07) is 0.897. The molecule has 1 fully saturated rings. The van der Waals surface area contributed by atoms with Gasteiger partial charge in [0.15, 0.2) is 0 Å². The van der Waals surface area contributed by atoms with Gasteiger partial charge >= 0.3 is 0 Å². The normalized spacial score (nSPS) is 18.3. The predicted molar refractivity (Wildman–Crippen MR) is 91.3 cm³/mol. The number of unbranched alkanes of at least 4 members (excludes halogenated alkanes) is 7. The summed E-state index contributed by atoms with van der Waals surface area (Å²) in [4.78, 5) is 0. The van der Waals surface area contributed by atoms with Crippen LogP contribution in [0, 0.1) is 0 Å². The van der Waals surface area contributed by atoms with Crippen LogP contribution in [0.25, 0.3) is 0 Å². The van der Waals surface area contributed by atoms with Crippen molar-refractivity contribution in [2.75, 3.05) is 0 Å². The number of nitrogens with one attached hydrogen (secondary N) is 1. The van der Waals surface area contributed by atoms with E-state index in [1.54, 1.807) is 6.21 Å². The fourth-order valence-electron chi connectivity index (χ4n) is 3.35. The van der Waals surface area contributed by atoms with Crippen LogP contribution in [0.1, 0.15) is 96.8 Å². The summed E-state index contributed by atoms with van der Waals surface area (Å²) in [5, 5.41) is 15.7. The maximum absolute atomic E-state index is 8.82. The molecule has 3 heteroatoms. The average Bonchev–Trinajstić information content (AvgIpc) is 2.51. The standard InChI is InChI=1S/C18H36N2O/c1-2-3-4-5-6-7-8-10-15-18(16-19-21)20-17-13-11-9-12-14-17/h16-18,20-21H,2-15H2,1H3/b19-16-. The molecule has 21 heavy (non-hydrogen) atoms. The number of nitrogens with zero attached hydrogens (tertiary/aromatic N) is 1. The van der Waals surface area contributed by atoms with Crippen LogP contribution in [-0.2, 0) is 0 Å². The van der Waals surface area contributed by atoms with Crippen LogP contribution >= 0.6 is 0 Å². The van der Waals surface area contributed by atoms with Gasteiger partial charge < -0.3 is 10.5 Å². The second-order valence-electron chi connectivity index (χ2n) is 6.64. The second kappa shape index (κ2) is 13.1. The minimum absolute atomic E-state index is 0.262. The summed E-state index contributed by atoms with van der Waals surface area (Å²) < 4.78 is 0. The maximum atomic E-state index is 8.82. The van der Waals surface area contributed by atoms with Crippen molar-refractivity contribution in [3.05, 3.63) is 0 Å². The molecule has 1 unspecified atom stereocenters. The maximum Gasteiger partial charge on any atom is 0.0605 e. The van der Waals surface area contributed by atoms with Gasteiger partial charge in [-0.25, -0.2) is 0 Å². The van der Waals surface area contributed by atoms with Gasteiger partial charge in [-0.2, -0.15) is 0 Å². The lowest BCUT2D eigenvalue weighted by atomic mass is 9.94. The molecular formula is C18H36N2O. The van der Waals surface area contributed by atoms with Crippen LogP contribution in [0.15, 0.2) is 5.16 Å². The van der Waals surface area contributed by atoms with Gasteiger partial charge in [-0.1, -0.05) is 77.6 Å². The molecule has 0 aromatic heterocycles. The Balaban J connectivity index is 2.04. The van der Waals surface area contributed by atoms with E-state index in [1.165, 1.54) is 83.5 Å². The number of oxime groups is 1. The molecule has 0 radical (unpaired) electrons. The molecule has 3 nitrogen and oxygen atoms in total. The average molecular weight is 296 g/mol. The summed E-state index contributed by atoms with van der Waals surface area (Å²) in [5.41, 5.74) is 0. The zero-order chi connectivity index (χ0) is 15.2. The Hall–Kier alpha value is -0.570. The Morgan fingerprint density at radius 3 is 2.24 bits per heavy atom. The van der Waals surface area contributed by atoms with Gasteiger partial charge in [-0.05, 0) is 19.3 Å². The van der Waals surface area contributed by atoms with E-state index in [2.05, 4.69) is 17.4 Å². The lowest BCUT2D eigenvalue weighted by Crippen LogP contribution is -2.40. The highest BCUT2D eigenvalue weighted by Gasteiger charge is 2.16. The van der Waals surface area contributed by atoms with Crippen molar-refractivity contribution in [1.82, 2.24) is 5.32 Å². The van der Waals surface area contributed by atoms with Crippen LogP contribution in [0.2, 0.25) is 0 Å². The number of rotatable bonds is 12. The highest BCUT2D eigenvalue weighted by molar-refractivity contribution is 5.63. The first-order chi connectivity index (χ1) is 10.4. The van der Waals surface area contributed by atoms with Crippen molar-refractivity contribution in [2.24, 2.45) is 5.16 Å². The predicted octanol–water partition coefficient (Wildman–Crippen LogP) is 5.27. The van der Waals surface area contributed by atoms with Crippen molar-refractivity contribution >= 4 is 6.21 Å². The summed E-state index contributed by atoms with van der Waals surface area (Å²) in [6.07, 6.45) is 20.3. The Bertz CT molecular complexity index is 250. The Morgan fingerprint density at radius 2 is 1.62 bits per heavy atom. The first kappa shape index (κ1) is 18.5. The molecule has 124 valence electrons. The summed E-state index contributed by atoms with van der Waals surface area (Å²) in [7, 11) is 0. The molecule has 0 bridgehead atoms. The van der Waals surface area contributed by atoms with E-state index >= 15 is 0 Å². The van der Waals surface area contributed by atoms with E-state index in [0.29, 0.717) is 6.04 Å². The molecular weight excluding hydrogens is 260 g/mol. The third-order valence-corrected chi connectivity index (χ3v) is 4.67. The molecule has 1 aliphatic carbocycles. The molecule has 1 atom stereocenters. The summed E-state index contributed by atoms with van der Waals surface area (Å²) >= 11 is 0. The minimum atomic E-state index is 0.262. The van der Waals surface area contributed by atoms with E-state index in [-0.39, 0.29) is 6.04 Å². The van der Waals surface area contributed by atoms with E-state index in [0.717, 1.165) is 6.42 Å². The van der Waals surface area contributed by atoms with E-state index in [1.807, 2.05) is 0 Å². The van der Waals surface area contributed by atoms with Crippen LogP contribution in [-0.4, -0.2) is 23.5 Å². The first-order valence-corrected chi connectivity index (χ1v) is 9.30. The van der Waals surface area contributed by atoms with Crippen molar-refractivity contribution in [3.63, 3.8) is 0 Å². The van der Waals surface area contributed by atoms with Gasteiger partial charge in [0.2, 0.25) is 0 Å². The van der Waals surface area contributed by atoms with Crippen molar-refractivity contribution < 1.29 is 5.21 Å². The minimum Gasteiger partial charge on any atom is -0.411 e. The quantitative estimate of drug-likeness (QED) is 0.223. The van der Waals surface area contributed by atoms with E-state index in [9.17, 15) is 0 Å². The molecule has 0 aromatic carbocycles. The van der Waals surface area contributed by atoms with Crippen LogP contribution in [0.3, 0.4) is 0 Å². The fourth-order valence-corrected chi connectivity index (χ4v) is 3.35. The van der Waals surface area contributed by atoms with Crippen LogP contribution in [0.5, 0.6) is 0 Å². The van der Waals surface area contributed by atoms with Crippen molar-refractivity contribution in [1.29, 1.82) is 0 Å². The Morgan fingerprint density at radius 1 is 1.00 bits per heavy atom. The molecule has 0 spiro atoms.